The van der Waals surface area contributed by atoms with Gasteiger partial charge >= 0.3 is 0 Å². The molecule has 0 spiro atoms. The molecular formula is C74H100N12O16. The summed E-state index contributed by atoms with van der Waals surface area (Å²) < 4.78 is 0. The molecule has 10 atom stereocenters. The maximum Gasteiger partial charge on any atom is 0.240 e. The first-order chi connectivity index (χ1) is 48.2. The standard InChI is InChI=1S/C74H100N12O16/c1-40(2)26-57(61(91)30-48(27-46-12-19-54(88)20-13-46)73(101)86-69(43(7)8)64(94)32-50(29-51-36-77-38-79-51)72(100)84-59(70(76)98)33-52-37-78-39-80-52)82-66(96)25-23-60(90)44(9)81-74(102)56(41(3)4)34-62(92)58(35-65(75)95)83-71(99)49(28-47-14-21-55(89)22-15-47)31-63(93)68(42(5)6)85-67(97)24-16-45-10-17-53(87)18-11-45/h10-15,17-22,36-44,48-50,56-59,68-69,87-89H,16,23-35H2,1-9H3,(H2,75,95)(H2,76,98)(H,77,79)(H,78,80)(H,81,102)(H,82,96)(H,83,99)(H,84,100)(H,85,97)(H,86,101)/t44-,48+,49+,50+,56-,57-,58-,59-,68-,69-/m1/s1. The van der Waals surface area contributed by atoms with Crippen LogP contribution in [0.4, 0.5) is 0 Å². The van der Waals surface area contributed by atoms with Crippen LogP contribution in [0.1, 0.15) is 148 Å². The molecule has 0 fully saturated rings. The van der Waals surface area contributed by atoms with E-state index in [1.54, 1.807) is 77.9 Å². The van der Waals surface area contributed by atoms with E-state index in [4.69, 9.17) is 11.5 Å². The molecule has 0 saturated heterocycles. The number of carbonyl (C=O) groups is 13. The number of nitrogens with one attached hydrogen (secondary N) is 8. The quantitative estimate of drug-likeness (QED) is 0.0261. The van der Waals surface area contributed by atoms with E-state index in [0.717, 1.165) is 5.56 Å². The lowest BCUT2D eigenvalue weighted by molar-refractivity contribution is -0.136. The van der Waals surface area contributed by atoms with Crippen LogP contribution >= 0.6 is 0 Å². The smallest absolute Gasteiger partial charge is 0.240 e. The third-order valence-electron chi connectivity index (χ3n) is 17.7. The van der Waals surface area contributed by atoms with Crippen LogP contribution in [0.3, 0.4) is 0 Å². The highest BCUT2D eigenvalue weighted by atomic mass is 16.3. The van der Waals surface area contributed by atoms with Crippen molar-refractivity contribution >= 4 is 76.2 Å². The van der Waals surface area contributed by atoms with Crippen molar-refractivity contribution in [3.63, 3.8) is 0 Å². The number of primary amides is 2. The summed E-state index contributed by atoms with van der Waals surface area (Å²) in [5.74, 6) is -15.0. The van der Waals surface area contributed by atoms with Gasteiger partial charge in [-0.25, -0.2) is 9.97 Å². The Morgan fingerprint density at radius 1 is 0.412 bits per heavy atom. The van der Waals surface area contributed by atoms with Crippen molar-refractivity contribution in [3.05, 3.63) is 126 Å². The zero-order valence-electron chi connectivity index (χ0n) is 59.4. The first-order valence-electron chi connectivity index (χ1n) is 34.5. The van der Waals surface area contributed by atoms with Crippen LogP contribution in [0.25, 0.3) is 0 Å². The largest absolute Gasteiger partial charge is 0.508 e. The van der Waals surface area contributed by atoms with Gasteiger partial charge in [-0.05, 0) is 109 Å². The molecular weight excluding hydrogens is 1310 g/mol. The number of aromatic nitrogens is 4. The van der Waals surface area contributed by atoms with Gasteiger partial charge in [-0.2, -0.15) is 0 Å². The van der Waals surface area contributed by atoms with Crippen LogP contribution in [-0.4, -0.2) is 148 Å². The average molecular weight is 1410 g/mol. The van der Waals surface area contributed by atoms with Crippen LogP contribution in [0.2, 0.25) is 0 Å². The van der Waals surface area contributed by atoms with Gasteiger partial charge in [0.15, 0.2) is 28.9 Å². The summed E-state index contributed by atoms with van der Waals surface area (Å²) >= 11 is 0. The Bertz CT molecular complexity index is 3650. The maximum absolute atomic E-state index is 14.6. The fourth-order valence-electron chi connectivity index (χ4n) is 11.8. The molecule has 0 radical (unpaired) electrons. The maximum atomic E-state index is 14.6. The second-order valence-electron chi connectivity index (χ2n) is 27.8. The minimum absolute atomic E-state index is 0.00766. The Kier molecular flexibility index (Phi) is 32.4. The number of aromatic amines is 2. The van der Waals surface area contributed by atoms with E-state index in [0.29, 0.717) is 28.9 Å². The highest BCUT2D eigenvalue weighted by Crippen LogP contribution is 2.25. The van der Waals surface area contributed by atoms with Gasteiger partial charge in [0, 0.05) is 99.3 Å². The minimum atomic E-state index is -1.57. The molecule has 3 aromatic carbocycles. The van der Waals surface area contributed by atoms with Gasteiger partial charge in [-0.1, -0.05) is 91.8 Å². The average Bonchev–Trinajstić information content (AvgIpc) is 1.05. The number of Topliss-reactive ketones (excluding diaryl/α,β-unsaturated/α-hetero) is 5. The van der Waals surface area contributed by atoms with Crippen molar-refractivity contribution in [2.24, 2.45) is 58.8 Å². The zero-order valence-corrected chi connectivity index (χ0v) is 59.4. The number of hydrogen-bond acceptors (Lipinski definition) is 18. The molecule has 28 nitrogen and oxygen atoms in total. The lowest BCUT2D eigenvalue weighted by Crippen LogP contribution is -2.51. The van der Waals surface area contributed by atoms with Crippen molar-refractivity contribution in [2.75, 3.05) is 0 Å². The Hall–Kier alpha value is -10.4. The molecule has 0 bridgehead atoms. The molecule has 0 aliphatic heterocycles. The van der Waals surface area contributed by atoms with Crippen molar-refractivity contribution in [2.45, 2.75) is 188 Å². The number of phenolic OH excluding ortho intramolecular Hbond substituents is 3. The van der Waals surface area contributed by atoms with Crippen LogP contribution in [0.5, 0.6) is 17.2 Å². The normalized spacial score (nSPS) is 14.4. The van der Waals surface area contributed by atoms with Crippen molar-refractivity contribution in [1.82, 2.24) is 51.8 Å². The molecule has 552 valence electrons. The van der Waals surface area contributed by atoms with E-state index < -0.39 is 199 Å². The predicted octanol–water partition coefficient (Wildman–Crippen LogP) is 4.11. The number of phenols is 3. The number of amides is 8. The number of ketones is 5. The monoisotopic (exact) mass is 1410 g/mol. The van der Waals surface area contributed by atoms with E-state index in [1.807, 2.05) is 13.8 Å². The Morgan fingerprint density at radius 2 is 0.843 bits per heavy atom. The van der Waals surface area contributed by atoms with Gasteiger partial charge in [0.25, 0.3) is 0 Å². The summed E-state index contributed by atoms with van der Waals surface area (Å²) in [5.41, 5.74) is 14.2. The topological polar surface area (TPSA) is 464 Å². The molecule has 0 aliphatic rings. The number of hydrogen-bond donors (Lipinski definition) is 13. The van der Waals surface area contributed by atoms with Crippen LogP contribution in [-0.2, 0) is 94.4 Å². The number of rotatable bonds is 45. The van der Waals surface area contributed by atoms with Crippen molar-refractivity contribution in [1.29, 1.82) is 0 Å². The second-order valence-corrected chi connectivity index (χ2v) is 27.8. The van der Waals surface area contributed by atoms with E-state index in [-0.39, 0.29) is 61.7 Å². The summed E-state index contributed by atoms with van der Waals surface area (Å²) in [6.07, 6.45) is 2.74. The number of carbonyl (C=O) groups excluding carboxylic acids is 13. The van der Waals surface area contributed by atoms with Gasteiger partial charge in [0.1, 0.15) is 23.3 Å². The van der Waals surface area contributed by atoms with E-state index in [9.17, 15) is 77.6 Å². The van der Waals surface area contributed by atoms with E-state index in [2.05, 4.69) is 51.8 Å². The van der Waals surface area contributed by atoms with Crippen LogP contribution < -0.4 is 43.4 Å². The van der Waals surface area contributed by atoms with Gasteiger partial charge in [-0.3, -0.25) is 62.3 Å². The highest BCUT2D eigenvalue weighted by Gasteiger charge is 2.38. The summed E-state index contributed by atoms with van der Waals surface area (Å²) in [7, 11) is 0. The number of H-pyrrole nitrogens is 2. The van der Waals surface area contributed by atoms with E-state index >= 15 is 0 Å². The Balaban J connectivity index is 1.24. The first kappa shape index (κ1) is 82.3. The van der Waals surface area contributed by atoms with Crippen LogP contribution in [0.15, 0.2) is 97.8 Å². The Labute approximate surface area is 593 Å². The second kappa shape index (κ2) is 40.1. The molecule has 0 saturated carbocycles. The number of nitrogens with two attached hydrogens (primary N) is 2. The number of nitrogens with zero attached hydrogens (tertiary/aromatic N) is 2. The summed E-state index contributed by atoms with van der Waals surface area (Å²) in [6.45, 7) is 15.2. The molecule has 28 heteroatoms. The molecule has 5 rings (SSSR count). The summed E-state index contributed by atoms with van der Waals surface area (Å²) in [6, 6.07) is 10.8. The molecule has 2 aromatic heterocycles. The molecule has 0 aliphatic carbocycles. The van der Waals surface area contributed by atoms with Gasteiger partial charge < -0.3 is 68.7 Å². The number of benzene rings is 3. The molecule has 5 aromatic rings. The van der Waals surface area contributed by atoms with Gasteiger partial charge in [0.05, 0.1) is 55.2 Å². The fraction of sp³-hybridized carbons (Fsp3) is 0.500. The van der Waals surface area contributed by atoms with Gasteiger partial charge in [-0.15, -0.1) is 0 Å². The molecule has 0 unspecified atom stereocenters. The SMILES string of the molecule is CC(C)C[C@@H](NC(=O)CCC(=O)[C@@H](C)NC(=O)[C@H](CC(=O)[C@@H](CC(N)=O)NC(=O)[C@H](CC(=O)[C@H](NC(=O)CCc1ccc(O)cc1)C(C)C)Cc1ccc(O)cc1)C(C)C)C(=O)C[C@H](Cc1ccc(O)cc1)C(=O)N[C@@H](C(=O)C[C@H](Cc1cnc[nH]1)C(=O)N[C@H](Cc1cnc[nH]1)C(N)=O)C(C)C. The Morgan fingerprint density at radius 3 is 1.29 bits per heavy atom. The van der Waals surface area contributed by atoms with Crippen molar-refractivity contribution < 1.29 is 77.6 Å². The molecule has 102 heavy (non-hydrogen) atoms. The zero-order chi connectivity index (χ0) is 75.5. The third-order valence-corrected chi connectivity index (χ3v) is 17.7. The number of aryl methyl sites for hydroxylation is 1. The predicted molar refractivity (Wildman–Crippen MR) is 376 cm³/mol. The lowest BCUT2D eigenvalue weighted by Gasteiger charge is -2.27. The third kappa shape index (κ3) is 27.6. The summed E-state index contributed by atoms with van der Waals surface area (Å²) in [4.78, 5) is 194. The number of aromatic hydroxyl groups is 3. The van der Waals surface area contributed by atoms with Gasteiger partial charge in [0.2, 0.25) is 47.3 Å². The van der Waals surface area contributed by atoms with Crippen LogP contribution in [0, 0.1) is 47.3 Å². The minimum Gasteiger partial charge on any atom is -0.508 e. The highest BCUT2D eigenvalue weighted by molar-refractivity contribution is 6.00. The lowest BCUT2D eigenvalue weighted by atomic mass is 9.86. The van der Waals surface area contributed by atoms with Crippen molar-refractivity contribution in [3.8, 4) is 17.2 Å². The number of imidazole rings is 2. The molecule has 8 amide bonds. The first-order valence-corrected chi connectivity index (χ1v) is 34.5. The molecule has 2 heterocycles. The molecule has 15 N–H and O–H groups in total. The fourth-order valence-corrected chi connectivity index (χ4v) is 11.8. The van der Waals surface area contributed by atoms with E-state index in [1.165, 1.54) is 68.4 Å². The summed E-state index contributed by atoms with van der Waals surface area (Å²) in [5, 5.41) is 46.0.